The van der Waals surface area contributed by atoms with Crippen LogP contribution in [0.5, 0.6) is 0 Å². The predicted molar refractivity (Wildman–Crippen MR) is 90.7 cm³/mol. The molecule has 0 saturated carbocycles. The zero-order chi connectivity index (χ0) is 15.5. The molecule has 3 aromatic rings. The highest BCUT2D eigenvalue weighted by Gasteiger charge is 2.08. The van der Waals surface area contributed by atoms with Crippen molar-refractivity contribution in [3.05, 3.63) is 58.6 Å². The molecule has 2 N–H and O–H groups in total. The van der Waals surface area contributed by atoms with Gasteiger partial charge in [-0.1, -0.05) is 18.2 Å². The number of benzene rings is 2. The Hall–Kier alpha value is -2.66. The van der Waals surface area contributed by atoms with Crippen molar-refractivity contribution in [3.8, 4) is 0 Å². The smallest absolute Gasteiger partial charge is 0.337 e. The maximum Gasteiger partial charge on any atom is 0.337 e. The summed E-state index contributed by atoms with van der Waals surface area (Å²) in [6, 6.07) is 13.0. The summed E-state index contributed by atoms with van der Waals surface area (Å²) < 4.78 is 5.75. The number of nitrogens with zero attached hydrogens (tertiary/aromatic N) is 1. The number of esters is 1. The van der Waals surface area contributed by atoms with Gasteiger partial charge in [-0.3, -0.25) is 0 Å². The molecule has 0 radical (unpaired) electrons. The van der Waals surface area contributed by atoms with E-state index in [0.29, 0.717) is 5.56 Å². The molecule has 22 heavy (non-hydrogen) atoms. The molecule has 4 nitrogen and oxygen atoms in total. The minimum absolute atomic E-state index is 0.355. The normalized spacial score (nSPS) is 11.1. The number of rotatable bonds is 3. The van der Waals surface area contributed by atoms with E-state index in [9.17, 15) is 4.79 Å². The van der Waals surface area contributed by atoms with E-state index >= 15 is 0 Å². The summed E-state index contributed by atoms with van der Waals surface area (Å²) in [5.74, 6) is -0.355. The molecular formula is C17H14N2O2S. The molecule has 0 aliphatic carbocycles. The summed E-state index contributed by atoms with van der Waals surface area (Å²) in [6.45, 7) is 0. The van der Waals surface area contributed by atoms with E-state index in [1.54, 1.807) is 23.5 Å². The van der Waals surface area contributed by atoms with Gasteiger partial charge < -0.3 is 10.5 Å². The van der Waals surface area contributed by atoms with Gasteiger partial charge in [-0.15, -0.1) is 11.3 Å². The molecule has 0 amide bonds. The van der Waals surface area contributed by atoms with E-state index in [1.807, 2.05) is 42.5 Å². The van der Waals surface area contributed by atoms with E-state index < -0.39 is 0 Å². The second-order valence-corrected chi connectivity index (χ2v) is 5.79. The molecule has 0 unspecified atom stereocenters. The molecule has 110 valence electrons. The molecule has 5 heteroatoms. The minimum Gasteiger partial charge on any atom is -0.465 e. The maximum absolute atomic E-state index is 11.5. The number of aromatic nitrogens is 1. The van der Waals surface area contributed by atoms with Crippen LogP contribution in [0.25, 0.3) is 22.4 Å². The Morgan fingerprint density at radius 2 is 2.09 bits per heavy atom. The number of nitrogen functional groups attached to an aromatic ring is 1. The molecule has 0 aliphatic heterocycles. The number of anilines is 1. The van der Waals surface area contributed by atoms with Crippen molar-refractivity contribution in [1.29, 1.82) is 0 Å². The van der Waals surface area contributed by atoms with Crippen molar-refractivity contribution >= 4 is 45.4 Å². The zero-order valence-electron chi connectivity index (χ0n) is 11.9. The van der Waals surface area contributed by atoms with Crippen molar-refractivity contribution < 1.29 is 9.53 Å². The predicted octanol–water partition coefficient (Wildman–Crippen LogP) is 3.84. The standard InChI is InChI=1S/C17H14N2O2S/c1-21-17(20)12-6-7-15-14(10-12)19-16(22-15)8-5-11-3-2-4-13(18)9-11/h2-10H,18H2,1H3/b8-5+. The Bertz CT molecular complexity index is 868. The van der Waals surface area contributed by atoms with Crippen molar-refractivity contribution in [1.82, 2.24) is 4.98 Å². The van der Waals surface area contributed by atoms with Gasteiger partial charge in [0, 0.05) is 5.69 Å². The van der Waals surface area contributed by atoms with Crippen LogP contribution < -0.4 is 5.73 Å². The molecular weight excluding hydrogens is 296 g/mol. The van der Waals surface area contributed by atoms with Gasteiger partial charge in [-0.2, -0.15) is 0 Å². The molecule has 3 rings (SSSR count). The van der Waals surface area contributed by atoms with E-state index in [0.717, 1.165) is 26.5 Å². The molecule has 0 bridgehead atoms. The van der Waals surface area contributed by atoms with E-state index in [4.69, 9.17) is 10.5 Å². The van der Waals surface area contributed by atoms with Crippen LogP contribution >= 0.6 is 11.3 Å². The average Bonchev–Trinajstić information content (AvgIpc) is 2.94. The highest BCUT2D eigenvalue weighted by molar-refractivity contribution is 7.19. The first-order valence-electron chi connectivity index (χ1n) is 6.68. The number of methoxy groups -OCH3 is 1. The third kappa shape index (κ3) is 2.99. The monoisotopic (exact) mass is 310 g/mol. The fourth-order valence-electron chi connectivity index (χ4n) is 2.09. The lowest BCUT2D eigenvalue weighted by Crippen LogP contribution is -2.00. The number of carbonyl (C=O) groups is 1. The summed E-state index contributed by atoms with van der Waals surface area (Å²) in [6.07, 6.45) is 3.91. The number of hydrogen-bond acceptors (Lipinski definition) is 5. The SMILES string of the molecule is COC(=O)c1ccc2sc(/C=C/c3cccc(N)c3)nc2c1. The van der Waals surface area contributed by atoms with Crippen molar-refractivity contribution in [3.63, 3.8) is 0 Å². The van der Waals surface area contributed by atoms with Gasteiger partial charge in [0.25, 0.3) is 0 Å². The Labute approximate surface area is 131 Å². The molecule has 1 heterocycles. The molecule has 0 atom stereocenters. The number of nitrogens with two attached hydrogens (primary N) is 1. The topological polar surface area (TPSA) is 65.2 Å². The highest BCUT2D eigenvalue weighted by Crippen LogP contribution is 2.25. The average molecular weight is 310 g/mol. The largest absolute Gasteiger partial charge is 0.465 e. The molecule has 0 aliphatic rings. The van der Waals surface area contributed by atoms with Crippen LogP contribution in [-0.4, -0.2) is 18.1 Å². The van der Waals surface area contributed by atoms with Gasteiger partial charge in [-0.25, -0.2) is 9.78 Å². The first-order chi connectivity index (χ1) is 10.7. The van der Waals surface area contributed by atoms with Crippen LogP contribution in [0.3, 0.4) is 0 Å². The van der Waals surface area contributed by atoms with Crippen LogP contribution in [0.15, 0.2) is 42.5 Å². The minimum atomic E-state index is -0.355. The maximum atomic E-state index is 11.5. The Morgan fingerprint density at radius 1 is 1.23 bits per heavy atom. The molecule has 0 fully saturated rings. The lowest BCUT2D eigenvalue weighted by Gasteiger charge is -1.97. The lowest BCUT2D eigenvalue weighted by molar-refractivity contribution is 0.0601. The summed E-state index contributed by atoms with van der Waals surface area (Å²) >= 11 is 1.57. The van der Waals surface area contributed by atoms with E-state index in [2.05, 4.69) is 4.98 Å². The first kappa shape index (κ1) is 14.3. The molecule has 0 spiro atoms. The quantitative estimate of drug-likeness (QED) is 0.589. The third-order valence-corrected chi connectivity index (χ3v) is 4.16. The third-order valence-electron chi connectivity index (χ3n) is 3.15. The summed E-state index contributed by atoms with van der Waals surface area (Å²) in [5, 5.41) is 0.874. The fraction of sp³-hybridized carbons (Fsp3) is 0.0588. The number of hydrogen-bond donors (Lipinski definition) is 1. The second-order valence-electron chi connectivity index (χ2n) is 4.73. The second kappa shape index (κ2) is 5.99. The van der Waals surface area contributed by atoms with Crippen LogP contribution in [0.1, 0.15) is 20.9 Å². The van der Waals surface area contributed by atoms with Gasteiger partial charge in [0.1, 0.15) is 5.01 Å². The van der Waals surface area contributed by atoms with E-state index in [1.165, 1.54) is 7.11 Å². The Balaban J connectivity index is 1.90. The van der Waals surface area contributed by atoms with Crippen molar-refractivity contribution in [2.75, 3.05) is 12.8 Å². The molecule has 0 saturated heterocycles. The van der Waals surface area contributed by atoms with Gasteiger partial charge in [0.2, 0.25) is 0 Å². The lowest BCUT2D eigenvalue weighted by atomic mass is 10.2. The van der Waals surface area contributed by atoms with Crippen molar-refractivity contribution in [2.45, 2.75) is 0 Å². The number of fused-ring (bicyclic) bond motifs is 1. The Morgan fingerprint density at radius 3 is 2.86 bits per heavy atom. The van der Waals surface area contributed by atoms with Crippen molar-refractivity contribution in [2.24, 2.45) is 0 Å². The summed E-state index contributed by atoms with van der Waals surface area (Å²) in [5.41, 5.74) is 8.81. The number of carbonyl (C=O) groups excluding carboxylic acids is 1. The van der Waals surface area contributed by atoms with Gasteiger partial charge >= 0.3 is 5.97 Å². The molecule has 2 aromatic carbocycles. The number of ether oxygens (including phenoxy) is 1. The zero-order valence-corrected chi connectivity index (χ0v) is 12.8. The van der Waals surface area contributed by atoms with E-state index in [-0.39, 0.29) is 5.97 Å². The summed E-state index contributed by atoms with van der Waals surface area (Å²) in [7, 11) is 1.37. The Kier molecular flexibility index (Phi) is 3.89. The van der Waals surface area contributed by atoms with Crippen LogP contribution in [0, 0.1) is 0 Å². The van der Waals surface area contributed by atoms with Gasteiger partial charge in [0.15, 0.2) is 0 Å². The van der Waals surface area contributed by atoms with Crippen LogP contribution in [0.4, 0.5) is 5.69 Å². The fourth-order valence-corrected chi connectivity index (χ4v) is 2.94. The number of thiazole rings is 1. The van der Waals surface area contributed by atoms with Gasteiger partial charge in [0.05, 0.1) is 22.9 Å². The summed E-state index contributed by atoms with van der Waals surface area (Å²) in [4.78, 5) is 16.1. The molecule has 1 aromatic heterocycles. The highest BCUT2D eigenvalue weighted by atomic mass is 32.1. The van der Waals surface area contributed by atoms with Crippen LogP contribution in [0.2, 0.25) is 0 Å². The first-order valence-corrected chi connectivity index (χ1v) is 7.50. The van der Waals surface area contributed by atoms with Crippen LogP contribution in [-0.2, 0) is 4.74 Å². The van der Waals surface area contributed by atoms with Gasteiger partial charge in [-0.05, 0) is 42.0 Å².